The molecule has 0 aromatic heterocycles. The second-order valence-corrected chi connectivity index (χ2v) is 5.76. The third-order valence-corrected chi connectivity index (χ3v) is 4.11. The number of nitrogens with one attached hydrogen (secondary N) is 1. The zero-order chi connectivity index (χ0) is 15.2. The normalized spacial score (nSPS) is 17.4. The lowest BCUT2D eigenvalue weighted by molar-refractivity contribution is 0.284. The predicted molar refractivity (Wildman–Crippen MR) is 88.5 cm³/mol. The van der Waals surface area contributed by atoms with Gasteiger partial charge in [0.05, 0.1) is 7.11 Å². The van der Waals surface area contributed by atoms with Crippen LogP contribution in [0.3, 0.4) is 0 Å². The van der Waals surface area contributed by atoms with Crippen LogP contribution in [0.25, 0.3) is 0 Å². The van der Waals surface area contributed by atoms with Crippen molar-refractivity contribution < 1.29 is 9.47 Å². The Kier molecular flexibility index (Phi) is 4.96. The van der Waals surface area contributed by atoms with Crippen LogP contribution in [0.1, 0.15) is 24.0 Å². The molecule has 1 N–H and O–H groups in total. The van der Waals surface area contributed by atoms with Gasteiger partial charge in [-0.3, -0.25) is 0 Å². The highest BCUT2D eigenvalue weighted by Crippen LogP contribution is 2.29. The minimum atomic E-state index is 0.556. The predicted octanol–water partition coefficient (Wildman–Crippen LogP) is 3.57. The van der Waals surface area contributed by atoms with Gasteiger partial charge in [0.15, 0.2) is 11.5 Å². The highest BCUT2D eigenvalue weighted by molar-refractivity contribution is 5.43. The van der Waals surface area contributed by atoms with E-state index < -0.39 is 0 Å². The van der Waals surface area contributed by atoms with Crippen LogP contribution in [0.4, 0.5) is 0 Å². The van der Waals surface area contributed by atoms with Crippen LogP contribution < -0.4 is 14.8 Å². The maximum atomic E-state index is 5.90. The van der Waals surface area contributed by atoms with Crippen LogP contribution in [-0.2, 0) is 13.0 Å². The highest BCUT2D eigenvalue weighted by Gasteiger charge is 2.15. The first-order valence-electron chi connectivity index (χ1n) is 7.92. The largest absolute Gasteiger partial charge is 0.493 e. The Hall–Kier alpha value is -2.00. The first-order chi connectivity index (χ1) is 10.8. The summed E-state index contributed by atoms with van der Waals surface area (Å²) in [5.74, 6) is 1.61. The third-order valence-electron chi connectivity index (χ3n) is 4.11. The summed E-state index contributed by atoms with van der Waals surface area (Å²) in [4.78, 5) is 0. The molecule has 2 aromatic rings. The molecule has 0 amide bonds. The molecule has 1 aliphatic heterocycles. The number of methoxy groups -OCH3 is 1. The molecule has 0 spiro atoms. The van der Waals surface area contributed by atoms with Gasteiger partial charge in [-0.2, -0.15) is 0 Å². The minimum absolute atomic E-state index is 0.556. The lowest BCUT2D eigenvalue weighted by Crippen LogP contribution is -2.23. The zero-order valence-electron chi connectivity index (χ0n) is 13.0. The molecule has 1 heterocycles. The quantitative estimate of drug-likeness (QED) is 0.884. The average Bonchev–Trinajstić information content (AvgIpc) is 3.07. The molecular weight excluding hydrogens is 274 g/mol. The molecule has 1 fully saturated rings. The Balaban J connectivity index is 1.66. The van der Waals surface area contributed by atoms with Crippen LogP contribution in [0.2, 0.25) is 0 Å². The topological polar surface area (TPSA) is 30.5 Å². The summed E-state index contributed by atoms with van der Waals surface area (Å²) in [5.41, 5.74) is 2.45. The summed E-state index contributed by atoms with van der Waals surface area (Å²) >= 11 is 0. The molecule has 0 aliphatic carbocycles. The molecule has 0 bridgehead atoms. The number of rotatable bonds is 6. The first kappa shape index (κ1) is 14.9. The Morgan fingerprint density at radius 2 is 1.91 bits per heavy atom. The van der Waals surface area contributed by atoms with Gasteiger partial charge in [-0.25, -0.2) is 0 Å². The molecule has 1 atom stereocenters. The monoisotopic (exact) mass is 297 g/mol. The fourth-order valence-corrected chi connectivity index (χ4v) is 2.91. The minimum Gasteiger partial charge on any atom is -0.493 e. The molecule has 3 rings (SSSR count). The van der Waals surface area contributed by atoms with Gasteiger partial charge >= 0.3 is 0 Å². The summed E-state index contributed by atoms with van der Waals surface area (Å²) in [5, 5.41) is 3.53. The summed E-state index contributed by atoms with van der Waals surface area (Å²) in [6, 6.07) is 17.0. The van der Waals surface area contributed by atoms with Gasteiger partial charge in [-0.15, -0.1) is 0 Å². The van der Waals surface area contributed by atoms with Gasteiger partial charge in [-0.1, -0.05) is 36.4 Å². The zero-order valence-corrected chi connectivity index (χ0v) is 13.0. The van der Waals surface area contributed by atoms with E-state index in [1.54, 1.807) is 7.11 Å². The maximum Gasteiger partial charge on any atom is 0.161 e. The van der Waals surface area contributed by atoms with Crippen molar-refractivity contribution in [3.05, 3.63) is 59.7 Å². The standard InChI is InChI=1S/C19H23NO2/c1-21-19-13-16(12-17-8-5-11-20-17)9-10-18(19)22-14-15-6-3-2-4-7-15/h2-4,6-7,9-10,13,17,20H,5,8,11-12,14H2,1H3. The molecule has 0 saturated carbocycles. The second-order valence-electron chi connectivity index (χ2n) is 5.76. The Labute approximate surface area is 132 Å². The van der Waals surface area contributed by atoms with E-state index in [1.807, 2.05) is 24.3 Å². The van der Waals surface area contributed by atoms with E-state index in [0.29, 0.717) is 12.6 Å². The summed E-state index contributed by atoms with van der Waals surface area (Å²) in [7, 11) is 1.70. The van der Waals surface area contributed by atoms with Gasteiger partial charge in [0.1, 0.15) is 6.61 Å². The Morgan fingerprint density at radius 1 is 1.05 bits per heavy atom. The van der Waals surface area contributed by atoms with Gasteiger partial charge in [0.25, 0.3) is 0 Å². The van der Waals surface area contributed by atoms with Crippen LogP contribution in [0, 0.1) is 0 Å². The molecule has 3 nitrogen and oxygen atoms in total. The fraction of sp³-hybridized carbons (Fsp3) is 0.368. The van der Waals surface area contributed by atoms with E-state index in [2.05, 4.69) is 29.6 Å². The van der Waals surface area contributed by atoms with Crippen LogP contribution in [0.15, 0.2) is 48.5 Å². The smallest absolute Gasteiger partial charge is 0.161 e. The molecule has 116 valence electrons. The average molecular weight is 297 g/mol. The van der Waals surface area contributed by atoms with Crippen molar-refractivity contribution in [2.45, 2.75) is 31.9 Å². The van der Waals surface area contributed by atoms with Gasteiger partial charge < -0.3 is 14.8 Å². The Morgan fingerprint density at radius 3 is 2.64 bits per heavy atom. The number of hydrogen-bond donors (Lipinski definition) is 1. The van der Waals surface area contributed by atoms with Crippen LogP contribution in [-0.4, -0.2) is 19.7 Å². The van der Waals surface area contributed by atoms with E-state index in [9.17, 15) is 0 Å². The highest BCUT2D eigenvalue weighted by atomic mass is 16.5. The SMILES string of the molecule is COc1cc(CC2CCCN2)ccc1OCc1ccccc1. The molecule has 0 radical (unpaired) electrons. The van der Waals surface area contributed by atoms with Crippen molar-refractivity contribution in [1.29, 1.82) is 0 Å². The molecule has 1 saturated heterocycles. The lowest BCUT2D eigenvalue weighted by atomic mass is 10.0. The Bertz CT molecular complexity index is 592. The summed E-state index contributed by atoms with van der Waals surface area (Å²) in [6.07, 6.45) is 3.59. The van der Waals surface area contributed by atoms with E-state index in [0.717, 1.165) is 30.0 Å². The van der Waals surface area contributed by atoms with Gasteiger partial charge in [-0.05, 0) is 49.1 Å². The molecule has 1 unspecified atom stereocenters. The molecular formula is C19H23NO2. The number of benzene rings is 2. The molecule has 2 aromatic carbocycles. The van der Waals surface area contributed by atoms with Crippen molar-refractivity contribution in [3.8, 4) is 11.5 Å². The fourth-order valence-electron chi connectivity index (χ4n) is 2.91. The van der Waals surface area contributed by atoms with Crippen molar-refractivity contribution in [2.75, 3.05) is 13.7 Å². The molecule has 3 heteroatoms. The number of hydrogen-bond acceptors (Lipinski definition) is 3. The van der Waals surface area contributed by atoms with Crippen LogP contribution >= 0.6 is 0 Å². The van der Waals surface area contributed by atoms with Crippen LogP contribution in [0.5, 0.6) is 11.5 Å². The molecule has 22 heavy (non-hydrogen) atoms. The van der Waals surface area contributed by atoms with Gasteiger partial charge in [0, 0.05) is 6.04 Å². The van der Waals surface area contributed by atoms with E-state index >= 15 is 0 Å². The van der Waals surface area contributed by atoms with E-state index in [4.69, 9.17) is 9.47 Å². The van der Waals surface area contributed by atoms with Crippen molar-refractivity contribution in [2.24, 2.45) is 0 Å². The molecule has 1 aliphatic rings. The van der Waals surface area contributed by atoms with Crippen molar-refractivity contribution in [1.82, 2.24) is 5.32 Å². The summed E-state index contributed by atoms with van der Waals surface area (Å²) in [6.45, 7) is 1.70. The number of ether oxygens (including phenoxy) is 2. The maximum absolute atomic E-state index is 5.90. The van der Waals surface area contributed by atoms with E-state index in [1.165, 1.54) is 18.4 Å². The first-order valence-corrected chi connectivity index (χ1v) is 7.92. The van der Waals surface area contributed by atoms with Crippen molar-refractivity contribution in [3.63, 3.8) is 0 Å². The van der Waals surface area contributed by atoms with Gasteiger partial charge in [0.2, 0.25) is 0 Å². The second kappa shape index (κ2) is 7.32. The lowest BCUT2D eigenvalue weighted by Gasteiger charge is -2.14. The summed E-state index contributed by atoms with van der Waals surface area (Å²) < 4.78 is 11.4. The third kappa shape index (κ3) is 3.80. The van der Waals surface area contributed by atoms with Crippen molar-refractivity contribution >= 4 is 0 Å². The van der Waals surface area contributed by atoms with E-state index in [-0.39, 0.29) is 0 Å².